The van der Waals surface area contributed by atoms with Gasteiger partial charge in [0.2, 0.25) is 0 Å². The number of amides is 3. The van der Waals surface area contributed by atoms with E-state index in [1.807, 2.05) is 0 Å². The Hall–Kier alpha value is -2.70. The summed E-state index contributed by atoms with van der Waals surface area (Å²) in [7, 11) is 0. The number of benzene rings is 1. The van der Waals surface area contributed by atoms with Gasteiger partial charge in [0.15, 0.2) is 0 Å². The van der Waals surface area contributed by atoms with E-state index in [0.29, 0.717) is 18.4 Å². The van der Waals surface area contributed by atoms with E-state index in [0.717, 1.165) is 38.5 Å². The van der Waals surface area contributed by atoms with E-state index in [2.05, 4.69) is 5.32 Å². The Morgan fingerprint density at radius 1 is 0.929 bits per heavy atom. The SMILES string of the molecule is O=C(N[C@H]1CCC[C@H]1C(=O)O)c1ccc2c(c1)C(=O)N(C1CCCCC1)C2=O. The second-order valence-corrected chi connectivity index (χ2v) is 7.99. The molecule has 2 N–H and O–H groups in total. The molecule has 4 rings (SSSR count). The van der Waals surface area contributed by atoms with E-state index < -0.39 is 23.8 Å². The van der Waals surface area contributed by atoms with Crippen molar-refractivity contribution in [1.29, 1.82) is 0 Å². The van der Waals surface area contributed by atoms with Crippen molar-refractivity contribution < 1.29 is 24.3 Å². The van der Waals surface area contributed by atoms with Crippen LogP contribution >= 0.6 is 0 Å². The molecule has 2 saturated carbocycles. The number of fused-ring (bicyclic) bond motifs is 1. The van der Waals surface area contributed by atoms with Gasteiger partial charge in [0.05, 0.1) is 17.0 Å². The fourth-order valence-electron chi connectivity index (χ4n) is 4.75. The maximum atomic E-state index is 12.9. The molecule has 1 aromatic carbocycles. The Bertz CT molecular complexity index is 843. The molecule has 0 radical (unpaired) electrons. The average molecular weight is 384 g/mol. The van der Waals surface area contributed by atoms with Crippen molar-refractivity contribution in [2.75, 3.05) is 0 Å². The van der Waals surface area contributed by atoms with Gasteiger partial charge in [-0.05, 0) is 43.9 Å². The van der Waals surface area contributed by atoms with Gasteiger partial charge >= 0.3 is 5.97 Å². The van der Waals surface area contributed by atoms with Gasteiger partial charge in [-0.2, -0.15) is 0 Å². The lowest BCUT2D eigenvalue weighted by Crippen LogP contribution is -2.41. The lowest BCUT2D eigenvalue weighted by molar-refractivity contribution is -0.142. The van der Waals surface area contributed by atoms with Crippen LogP contribution < -0.4 is 5.32 Å². The van der Waals surface area contributed by atoms with Crippen LogP contribution in [0.5, 0.6) is 0 Å². The minimum absolute atomic E-state index is 0.0618. The number of rotatable bonds is 4. The van der Waals surface area contributed by atoms with E-state index >= 15 is 0 Å². The van der Waals surface area contributed by atoms with E-state index in [1.165, 1.54) is 23.1 Å². The molecule has 3 amide bonds. The Labute approximate surface area is 163 Å². The van der Waals surface area contributed by atoms with Gasteiger partial charge in [0.25, 0.3) is 17.7 Å². The van der Waals surface area contributed by atoms with Crippen LogP contribution in [0.2, 0.25) is 0 Å². The lowest BCUT2D eigenvalue weighted by Gasteiger charge is -2.29. The van der Waals surface area contributed by atoms with E-state index in [-0.39, 0.29) is 29.0 Å². The molecular formula is C21H24N2O5. The van der Waals surface area contributed by atoms with Crippen LogP contribution in [0.25, 0.3) is 0 Å². The fraction of sp³-hybridized carbons (Fsp3) is 0.524. The summed E-state index contributed by atoms with van der Waals surface area (Å²) in [5.41, 5.74) is 0.891. The van der Waals surface area contributed by atoms with Crippen LogP contribution in [0.4, 0.5) is 0 Å². The number of carboxylic acids is 1. The van der Waals surface area contributed by atoms with Gasteiger partial charge in [-0.15, -0.1) is 0 Å². The highest BCUT2D eigenvalue weighted by atomic mass is 16.4. The van der Waals surface area contributed by atoms with Crippen molar-refractivity contribution in [1.82, 2.24) is 10.2 Å². The zero-order chi connectivity index (χ0) is 19.8. The van der Waals surface area contributed by atoms with Gasteiger partial charge in [0.1, 0.15) is 0 Å². The maximum absolute atomic E-state index is 12.9. The summed E-state index contributed by atoms with van der Waals surface area (Å²) in [6.45, 7) is 0. The second-order valence-electron chi connectivity index (χ2n) is 7.99. The minimum atomic E-state index is -0.902. The van der Waals surface area contributed by atoms with Crippen molar-refractivity contribution in [3.63, 3.8) is 0 Å². The molecule has 1 aromatic rings. The van der Waals surface area contributed by atoms with Crippen LogP contribution in [-0.4, -0.2) is 45.8 Å². The fourth-order valence-corrected chi connectivity index (χ4v) is 4.75. The van der Waals surface area contributed by atoms with Crippen LogP contribution in [-0.2, 0) is 4.79 Å². The van der Waals surface area contributed by atoms with Crippen LogP contribution in [0.3, 0.4) is 0 Å². The van der Waals surface area contributed by atoms with Crippen LogP contribution in [0, 0.1) is 5.92 Å². The number of imide groups is 1. The topological polar surface area (TPSA) is 104 Å². The standard InChI is InChI=1S/C21H24N2O5/c24-18(22-17-8-4-7-15(17)21(27)28)12-9-10-14-16(11-12)20(26)23(19(14)25)13-5-2-1-3-6-13/h9-11,13,15,17H,1-8H2,(H,22,24)(H,27,28)/t15-,17+/m1/s1. The van der Waals surface area contributed by atoms with E-state index in [1.54, 1.807) is 0 Å². The van der Waals surface area contributed by atoms with Crippen molar-refractivity contribution in [3.05, 3.63) is 34.9 Å². The molecule has 1 aliphatic heterocycles. The summed E-state index contributed by atoms with van der Waals surface area (Å²) in [6, 6.07) is 4.08. The van der Waals surface area contributed by atoms with Gasteiger partial charge in [-0.25, -0.2) is 0 Å². The van der Waals surface area contributed by atoms with Gasteiger partial charge < -0.3 is 10.4 Å². The molecule has 28 heavy (non-hydrogen) atoms. The number of carboxylic acid groups (broad SMARTS) is 1. The first-order chi connectivity index (χ1) is 13.5. The summed E-state index contributed by atoms with van der Waals surface area (Å²) in [4.78, 5) is 50.9. The molecule has 2 aliphatic carbocycles. The predicted molar refractivity (Wildman–Crippen MR) is 100 cm³/mol. The monoisotopic (exact) mass is 384 g/mol. The summed E-state index contributed by atoms with van der Waals surface area (Å²) in [5, 5.41) is 12.1. The molecule has 7 nitrogen and oxygen atoms in total. The minimum Gasteiger partial charge on any atom is -0.481 e. The Kier molecular flexibility index (Phi) is 4.91. The molecule has 2 fully saturated rings. The van der Waals surface area contributed by atoms with Gasteiger partial charge in [-0.3, -0.25) is 24.1 Å². The largest absolute Gasteiger partial charge is 0.481 e. The number of hydrogen-bond donors (Lipinski definition) is 2. The van der Waals surface area contributed by atoms with E-state index in [9.17, 15) is 24.3 Å². The third-order valence-electron chi connectivity index (χ3n) is 6.27. The van der Waals surface area contributed by atoms with Crippen molar-refractivity contribution in [2.24, 2.45) is 5.92 Å². The number of nitrogens with zero attached hydrogens (tertiary/aromatic N) is 1. The normalized spacial score (nSPS) is 25.1. The van der Waals surface area contributed by atoms with Crippen molar-refractivity contribution >= 4 is 23.7 Å². The lowest BCUT2D eigenvalue weighted by atomic mass is 9.94. The van der Waals surface area contributed by atoms with E-state index in [4.69, 9.17) is 0 Å². The molecule has 3 aliphatic rings. The Morgan fingerprint density at radius 2 is 1.64 bits per heavy atom. The molecule has 0 spiro atoms. The number of aliphatic carboxylic acids is 1. The first kappa shape index (κ1) is 18.7. The highest BCUT2D eigenvalue weighted by molar-refractivity contribution is 6.22. The predicted octanol–water partition coefficient (Wildman–Crippen LogP) is 2.60. The molecule has 0 saturated heterocycles. The second kappa shape index (κ2) is 7.37. The summed E-state index contributed by atoms with van der Waals surface area (Å²) in [6.07, 6.45) is 6.75. The highest BCUT2D eigenvalue weighted by Gasteiger charge is 2.41. The van der Waals surface area contributed by atoms with Crippen molar-refractivity contribution in [2.45, 2.75) is 63.5 Å². The molecule has 0 aromatic heterocycles. The molecule has 0 bridgehead atoms. The molecule has 0 unspecified atom stereocenters. The molecule has 1 heterocycles. The number of carbonyl (C=O) groups excluding carboxylic acids is 3. The summed E-state index contributed by atoms with van der Waals surface area (Å²) < 4.78 is 0. The number of carbonyl (C=O) groups is 4. The van der Waals surface area contributed by atoms with Crippen LogP contribution in [0.15, 0.2) is 18.2 Å². The Balaban J connectivity index is 1.53. The number of hydrogen-bond acceptors (Lipinski definition) is 4. The zero-order valence-electron chi connectivity index (χ0n) is 15.6. The molecule has 148 valence electrons. The smallest absolute Gasteiger partial charge is 0.308 e. The molecular weight excluding hydrogens is 360 g/mol. The molecule has 7 heteroatoms. The van der Waals surface area contributed by atoms with Crippen molar-refractivity contribution in [3.8, 4) is 0 Å². The summed E-state index contributed by atoms with van der Waals surface area (Å²) in [5.74, 6) is -2.49. The first-order valence-electron chi connectivity index (χ1n) is 10.0. The van der Waals surface area contributed by atoms with Gasteiger partial charge in [-0.1, -0.05) is 25.7 Å². The average Bonchev–Trinajstić information content (AvgIpc) is 3.25. The Morgan fingerprint density at radius 3 is 2.36 bits per heavy atom. The van der Waals surface area contributed by atoms with Crippen LogP contribution in [0.1, 0.15) is 82.4 Å². The third kappa shape index (κ3) is 3.19. The highest BCUT2D eigenvalue weighted by Crippen LogP contribution is 2.32. The maximum Gasteiger partial charge on any atom is 0.308 e. The van der Waals surface area contributed by atoms with Gasteiger partial charge in [0, 0.05) is 17.6 Å². The number of nitrogens with one attached hydrogen (secondary N) is 1. The quantitative estimate of drug-likeness (QED) is 0.777. The first-order valence-corrected chi connectivity index (χ1v) is 10.0. The third-order valence-corrected chi connectivity index (χ3v) is 6.27. The summed E-state index contributed by atoms with van der Waals surface area (Å²) >= 11 is 0. The molecule has 2 atom stereocenters. The zero-order valence-corrected chi connectivity index (χ0v) is 15.6.